The van der Waals surface area contributed by atoms with Crippen molar-refractivity contribution in [3.8, 4) is 0 Å². The average Bonchev–Trinajstić information content (AvgIpc) is 2.88. The van der Waals surface area contributed by atoms with Gasteiger partial charge in [-0.2, -0.15) is 18.7 Å². The highest BCUT2D eigenvalue weighted by molar-refractivity contribution is 6.35. The van der Waals surface area contributed by atoms with Crippen LogP contribution in [0.3, 0.4) is 0 Å². The van der Waals surface area contributed by atoms with Gasteiger partial charge in [-0.25, -0.2) is 5.01 Å². The van der Waals surface area contributed by atoms with E-state index < -0.39 is 17.6 Å². The van der Waals surface area contributed by atoms with Gasteiger partial charge in [0.15, 0.2) is 0 Å². The Kier molecular flexibility index (Phi) is 4.97. The minimum absolute atomic E-state index is 0.0351. The quantitative estimate of drug-likeness (QED) is 0.364. The Morgan fingerprint density at radius 2 is 1.75 bits per heavy atom. The van der Waals surface area contributed by atoms with Crippen LogP contribution in [0.25, 0.3) is 5.57 Å². The average molecular weight is 390 g/mol. The number of amides is 2. The number of halogens is 3. The molecule has 28 heavy (non-hydrogen) atoms. The number of hydrogen-bond acceptors (Lipinski definition) is 4. The molecule has 0 spiro atoms. The molecule has 0 unspecified atom stereocenters. The molecule has 1 heterocycles. The van der Waals surface area contributed by atoms with Crippen LogP contribution in [0.4, 0.5) is 24.5 Å². The summed E-state index contributed by atoms with van der Waals surface area (Å²) >= 11 is 0. The largest absolute Gasteiger partial charge is 0.416 e. The maximum Gasteiger partial charge on any atom is 0.416 e. The van der Waals surface area contributed by atoms with E-state index in [0.29, 0.717) is 12.1 Å². The number of nitrogens with one attached hydrogen (secondary N) is 1. The van der Waals surface area contributed by atoms with Crippen LogP contribution in [0, 0.1) is 13.8 Å². The van der Waals surface area contributed by atoms with Gasteiger partial charge in [-0.15, -0.1) is 0 Å². The first kappa shape index (κ1) is 19.6. The maximum atomic E-state index is 13.2. The van der Waals surface area contributed by atoms with Crippen LogP contribution in [0.15, 0.2) is 42.6 Å². The van der Waals surface area contributed by atoms with E-state index in [1.54, 1.807) is 12.1 Å². The number of fused-ring (bicyclic) bond motifs is 1. The summed E-state index contributed by atoms with van der Waals surface area (Å²) in [7, 11) is 0. The van der Waals surface area contributed by atoms with Gasteiger partial charge in [0.1, 0.15) is 0 Å². The molecule has 2 aromatic rings. The fourth-order valence-electron chi connectivity index (χ4n) is 3.16. The maximum absolute atomic E-state index is 13.2. The minimum Gasteiger partial charge on any atom is -0.277 e. The molecule has 1 aliphatic rings. The molecular formula is C19H17F3N4O2. The van der Waals surface area contributed by atoms with E-state index in [1.807, 2.05) is 19.9 Å². The standard InChI is InChI=1S/C19H17F3N4O2/c1-11-5-12(2)7-14(6-11)26-17-8-13(19(20,21)22)3-4-15(17)16(18(26)28)9-25(10-27)24-23/h3-10,24H,23H2,1-2H3/b16-9-. The molecule has 0 saturated heterocycles. The van der Waals surface area contributed by atoms with Gasteiger partial charge in [-0.05, 0) is 49.2 Å². The molecule has 3 rings (SSSR count). The number of benzene rings is 2. The number of nitrogens with zero attached hydrogens (tertiary/aromatic N) is 2. The zero-order chi connectivity index (χ0) is 20.6. The molecular weight excluding hydrogens is 373 g/mol. The van der Waals surface area contributed by atoms with Crippen molar-refractivity contribution in [3.05, 3.63) is 64.9 Å². The van der Waals surface area contributed by atoms with E-state index in [2.05, 4.69) is 5.53 Å². The Hall–Kier alpha value is -3.17. The zero-order valence-electron chi connectivity index (χ0n) is 15.0. The van der Waals surface area contributed by atoms with Crippen LogP contribution < -0.4 is 16.3 Å². The number of nitrogens with two attached hydrogens (primary N) is 1. The van der Waals surface area contributed by atoms with Gasteiger partial charge in [0, 0.05) is 17.5 Å². The molecule has 146 valence electrons. The fourth-order valence-corrected chi connectivity index (χ4v) is 3.16. The second-order valence-electron chi connectivity index (χ2n) is 6.40. The van der Waals surface area contributed by atoms with Gasteiger partial charge in [0.25, 0.3) is 5.91 Å². The van der Waals surface area contributed by atoms with E-state index in [9.17, 15) is 22.8 Å². The number of carbonyl (C=O) groups is 2. The topological polar surface area (TPSA) is 78.7 Å². The summed E-state index contributed by atoms with van der Waals surface area (Å²) < 4.78 is 39.7. The lowest BCUT2D eigenvalue weighted by Crippen LogP contribution is -2.38. The first-order valence-corrected chi connectivity index (χ1v) is 8.22. The first-order chi connectivity index (χ1) is 13.2. The molecule has 0 atom stereocenters. The van der Waals surface area contributed by atoms with Gasteiger partial charge in [-0.3, -0.25) is 20.3 Å². The van der Waals surface area contributed by atoms with Crippen molar-refractivity contribution in [2.45, 2.75) is 20.0 Å². The van der Waals surface area contributed by atoms with Crippen molar-refractivity contribution in [1.82, 2.24) is 10.5 Å². The van der Waals surface area contributed by atoms with Crippen molar-refractivity contribution < 1.29 is 22.8 Å². The predicted octanol–water partition coefficient (Wildman–Crippen LogP) is 3.18. The number of aryl methyl sites for hydroxylation is 2. The highest BCUT2D eigenvalue weighted by Gasteiger charge is 2.38. The molecule has 0 fully saturated rings. The monoisotopic (exact) mass is 390 g/mol. The van der Waals surface area contributed by atoms with E-state index in [-0.39, 0.29) is 16.8 Å². The van der Waals surface area contributed by atoms with Crippen LogP contribution in [0.1, 0.15) is 22.3 Å². The Bertz CT molecular complexity index is 965. The molecule has 1 aliphatic heterocycles. The second-order valence-corrected chi connectivity index (χ2v) is 6.40. The van der Waals surface area contributed by atoms with Crippen molar-refractivity contribution in [2.24, 2.45) is 5.84 Å². The Labute approximate surface area is 159 Å². The van der Waals surface area contributed by atoms with Gasteiger partial charge < -0.3 is 0 Å². The third kappa shape index (κ3) is 3.49. The predicted molar refractivity (Wildman–Crippen MR) is 97.7 cm³/mol. The summed E-state index contributed by atoms with van der Waals surface area (Å²) in [5.74, 6) is 4.65. The van der Waals surface area contributed by atoms with Gasteiger partial charge in [0.2, 0.25) is 6.41 Å². The van der Waals surface area contributed by atoms with Crippen LogP contribution >= 0.6 is 0 Å². The summed E-state index contributed by atoms with van der Waals surface area (Å²) in [5, 5.41) is 0.805. The van der Waals surface area contributed by atoms with Crippen LogP contribution in [0.5, 0.6) is 0 Å². The lowest BCUT2D eigenvalue weighted by molar-refractivity contribution is -0.137. The van der Waals surface area contributed by atoms with Crippen molar-refractivity contribution in [3.63, 3.8) is 0 Å². The van der Waals surface area contributed by atoms with E-state index in [4.69, 9.17) is 5.84 Å². The van der Waals surface area contributed by atoms with Crippen molar-refractivity contribution in [2.75, 3.05) is 4.90 Å². The molecule has 3 N–H and O–H groups in total. The van der Waals surface area contributed by atoms with Crippen molar-refractivity contribution >= 4 is 29.3 Å². The van der Waals surface area contributed by atoms with Gasteiger partial charge in [-0.1, -0.05) is 12.1 Å². The molecule has 0 aromatic heterocycles. The smallest absolute Gasteiger partial charge is 0.277 e. The lowest BCUT2D eigenvalue weighted by Gasteiger charge is -2.19. The van der Waals surface area contributed by atoms with Crippen molar-refractivity contribution in [1.29, 1.82) is 0 Å². The molecule has 0 bridgehead atoms. The number of rotatable bonds is 4. The Morgan fingerprint density at radius 3 is 2.29 bits per heavy atom. The SMILES string of the molecule is Cc1cc(C)cc(N2C(=O)/C(=C\N(C=O)NN)c3ccc(C(F)(F)F)cc32)c1. The summed E-state index contributed by atoms with van der Waals surface area (Å²) in [6.07, 6.45) is -3.08. The number of hydrazine groups is 2. The summed E-state index contributed by atoms with van der Waals surface area (Å²) in [6.45, 7) is 3.65. The molecule has 9 heteroatoms. The Balaban J connectivity index is 2.24. The summed E-state index contributed by atoms with van der Waals surface area (Å²) in [6, 6.07) is 8.33. The van der Waals surface area contributed by atoms with E-state index in [1.165, 1.54) is 11.0 Å². The van der Waals surface area contributed by atoms with Gasteiger partial charge >= 0.3 is 6.18 Å². The number of carbonyl (C=O) groups excluding carboxylic acids is 2. The normalized spacial score (nSPS) is 15.1. The second kappa shape index (κ2) is 7.10. The third-order valence-corrected chi connectivity index (χ3v) is 4.29. The minimum atomic E-state index is -4.56. The first-order valence-electron chi connectivity index (χ1n) is 8.22. The Morgan fingerprint density at radius 1 is 1.11 bits per heavy atom. The van der Waals surface area contributed by atoms with Gasteiger partial charge in [0.05, 0.1) is 16.8 Å². The van der Waals surface area contributed by atoms with Crippen LogP contribution in [-0.4, -0.2) is 17.3 Å². The third-order valence-electron chi connectivity index (χ3n) is 4.29. The summed E-state index contributed by atoms with van der Waals surface area (Å²) in [4.78, 5) is 25.3. The molecule has 2 amide bonds. The molecule has 0 saturated carbocycles. The number of alkyl halides is 3. The molecule has 0 radical (unpaired) electrons. The van der Waals surface area contributed by atoms with Crippen LogP contribution in [-0.2, 0) is 15.8 Å². The summed E-state index contributed by atoms with van der Waals surface area (Å²) in [5.41, 5.74) is 3.72. The zero-order valence-corrected chi connectivity index (χ0v) is 15.0. The fraction of sp³-hybridized carbons (Fsp3) is 0.158. The van der Waals surface area contributed by atoms with E-state index >= 15 is 0 Å². The van der Waals surface area contributed by atoms with Crippen LogP contribution in [0.2, 0.25) is 0 Å². The van der Waals surface area contributed by atoms with E-state index in [0.717, 1.165) is 34.5 Å². The molecule has 0 aliphatic carbocycles. The lowest BCUT2D eigenvalue weighted by atomic mass is 10.1. The highest BCUT2D eigenvalue weighted by Crippen LogP contribution is 2.44. The number of anilines is 2. The molecule has 2 aromatic carbocycles. The molecule has 6 nitrogen and oxygen atoms in total. The number of hydrogen-bond donors (Lipinski definition) is 2. The highest BCUT2D eigenvalue weighted by atomic mass is 19.4.